The van der Waals surface area contributed by atoms with Gasteiger partial charge in [0.05, 0.1) is 23.3 Å². The van der Waals surface area contributed by atoms with Crippen molar-refractivity contribution >= 4 is 0 Å². The average molecular weight is 315 g/mol. The maximum atomic E-state index is 12.9. The largest absolute Gasteiger partial charge is 0.416 e. The van der Waals surface area contributed by atoms with E-state index in [4.69, 9.17) is 5.73 Å². The molecule has 0 fully saturated rings. The van der Waals surface area contributed by atoms with E-state index in [-0.39, 0.29) is 12.5 Å². The Morgan fingerprint density at radius 3 is 2.10 bits per heavy atom. The monoisotopic (exact) mass is 315 g/mol. The van der Waals surface area contributed by atoms with Crippen molar-refractivity contribution in [2.45, 2.75) is 44.3 Å². The van der Waals surface area contributed by atoms with Crippen LogP contribution in [0.3, 0.4) is 0 Å². The highest BCUT2D eigenvalue weighted by molar-refractivity contribution is 5.38. The van der Waals surface area contributed by atoms with E-state index in [0.717, 1.165) is 0 Å². The highest BCUT2D eigenvalue weighted by Crippen LogP contribution is 2.39. The van der Waals surface area contributed by atoms with Gasteiger partial charge in [0.2, 0.25) is 0 Å². The number of nitrogens with two attached hydrogens (primary N) is 1. The lowest BCUT2D eigenvalue weighted by Crippen LogP contribution is -2.29. The van der Waals surface area contributed by atoms with Gasteiger partial charge in [-0.3, -0.25) is 0 Å². The number of halogens is 6. The summed E-state index contributed by atoms with van der Waals surface area (Å²) >= 11 is 0. The highest BCUT2D eigenvalue weighted by Gasteiger charge is 2.39. The van der Waals surface area contributed by atoms with Crippen molar-refractivity contribution in [3.63, 3.8) is 0 Å². The van der Waals surface area contributed by atoms with Gasteiger partial charge in [0, 0.05) is 0 Å². The van der Waals surface area contributed by atoms with Gasteiger partial charge in [-0.05, 0) is 24.1 Å². The van der Waals surface area contributed by atoms with E-state index in [1.807, 2.05) is 0 Å². The molecule has 0 bridgehead atoms. The zero-order valence-electron chi connectivity index (χ0n) is 11.1. The summed E-state index contributed by atoms with van der Waals surface area (Å²) in [5.74, 6) is 0. The standard InChI is InChI=1S/C13H15F6NO/c1-2-3-10(21)11(20)8-5-4-7(12(14,15)16)6-9(8)13(17,18)19/h4-6,10-11,21H,2-3,20H2,1H3/t10-,11+/m0/s1. The number of hydrogen-bond donors (Lipinski definition) is 2. The molecule has 0 saturated heterocycles. The summed E-state index contributed by atoms with van der Waals surface area (Å²) < 4.78 is 76.3. The lowest BCUT2D eigenvalue weighted by molar-refractivity contribution is -0.143. The summed E-state index contributed by atoms with van der Waals surface area (Å²) in [5.41, 5.74) is 2.13. The third kappa shape index (κ3) is 4.34. The molecule has 0 unspecified atom stereocenters. The molecule has 0 spiro atoms. The van der Waals surface area contributed by atoms with E-state index >= 15 is 0 Å². The Kier molecular flexibility index (Phi) is 5.27. The Morgan fingerprint density at radius 2 is 1.67 bits per heavy atom. The minimum atomic E-state index is -4.99. The van der Waals surface area contributed by atoms with Crippen LogP contribution in [0.5, 0.6) is 0 Å². The first-order valence-corrected chi connectivity index (χ1v) is 6.20. The molecule has 0 aliphatic heterocycles. The van der Waals surface area contributed by atoms with Crippen molar-refractivity contribution in [2.75, 3.05) is 0 Å². The Labute approximate surface area is 117 Å². The second-order valence-corrected chi connectivity index (χ2v) is 4.68. The predicted octanol–water partition coefficient (Wildman–Crippen LogP) is 3.89. The molecule has 1 aromatic carbocycles. The van der Waals surface area contributed by atoms with E-state index in [1.54, 1.807) is 6.92 Å². The zero-order valence-corrected chi connectivity index (χ0v) is 11.1. The van der Waals surface area contributed by atoms with Gasteiger partial charge in [-0.2, -0.15) is 26.3 Å². The Balaban J connectivity index is 3.33. The van der Waals surface area contributed by atoms with Crippen LogP contribution in [0.4, 0.5) is 26.3 Å². The van der Waals surface area contributed by atoms with Crippen LogP contribution in [-0.2, 0) is 12.4 Å². The van der Waals surface area contributed by atoms with E-state index in [0.29, 0.717) is 18.6 Å². The minimum absolute atomic E-state index is 0.0217. The summed E-state index contributed by atoms with van der Waals surface area (Å²) in [6.07, 6.45) is -10.5. The van der Waals surface area contributed by atoms with Crippen LogP contribution < -0.4 is 5.73 Å². The fourth-order valence-electron chi connectivity index (χ4n) is 1.95. The maximum Gasteiger partial charge on any atom is 0.416 e. The summed E-state index contributed by atoms with van der Waals surface area (Å²) in [6, 6.07) is -0.171. The van der Waals surface area contributed by atoms with Crippen LogP contribution >= 0.6 is 0 Å². The molecule has 0 heterocycles. The normalized spacial score (nSPS) is 15.9. The van der Waals surface area contributed by atoms with E-state index < -0.39 is 41.2 Å². The summed E-state index contributed by atoms with van der Waals surface area (Å²) in [4.78, 5) is 0. The lowest BCUT2D eigenvalue weighted by Gasteiger charge is -2.23. The lowest BCUT2D eigenvalue weighted by atomic mass is 9.93. The zero-order chi connectivity index (χ0) is 16.4. The van der Waals surface area contributed by atoms with Crippen molar-refractivity contribution in [2.24, 2.45) is 5.73 Å². The summed E-state index contributed by atoms with van der Waals surface area (Å²) in [6.45, 7) is 1.70. The molecule has 0 aliphatic carbocycles. The van der Waals surface area contributed by atoms with E-state index in [2.05, 4.69) is 0 Å². The molecule has 3 N–H and O–H groups in total. The second kappa shape index (κ2) is 6.23. The van der Waals surface area contributed by atoms with Crippen molar-refractivity contribution in [3.8, 4) is 0 Å². The molecule has 120 valence electrons. The first kappa shape index (κ1) is 17.8. The Bertz CT molecular complexity index is 483. The number of rotatable bonds is 4. The quantitative estimate of drug-likeness (QED) is 0.828. The Morgan fingerprint density at radius 1 is 1.10 bits per heavy atom. The number of alkyl halides is 6. The van der Waals surface area contributed by atoms with Gasteiger partial charge >= 0.3 is 12.4 Å². The van der Waals surface area contributed by atoms with Crippen LogP contribution in [0.15, 0.2) is 18.2 Å². The molecule has 21 heavy (non-hydrogen) atoms. The first-order valence-electron chi connectivity index (χ1n) is 6.20. The number of aliphatic hydroxyl groups is 1. The number of hydrogen-bond acceptors (Lipinski definition) is 2. The smallest absolute Gasteiger partial charge is 0.391 e. The fraction of sp³-hybridized carbons (Fsp3) is 0.538. The molecule has 1 rings (SSSR count). The highest BCUT2D eigenvalue weighted by atomic mass is 19.4. The molecule has 0 amide bonds. The van der Waals surface area contributed by atoms with Crippen molar-refractivity contribution in [1.29, 1.82) is 0 Å². The van der Waals surface area contributed by atoms with Crippen molar-refractivity contribution < 1.29 is 31.4 Å². The van der Waals surface area contributed by atoms with E-state index in [1.165, 1.54) is 0 Å². The molecule has 0 radical (unpaired) electrons. The van der Waals surface area contributed by atoms with Crippen molar-refractivity contribution in [1.82, 2.24) is 0 Å². The average Bonchev–Trinajstić information content (AvgIpc) is 2.35. The summed E-state index contributed by atoms with van der Waals surface area (Å²) in [7, 11) is 0. The maximum absolute atomic E-state index is 12.9. The molecular formula is C13H15F6NO. The minimum Gasteiger partial charge on any atom is -0.391 e. The third-order valence-corrected chi connectivity index (χ3v) is 3.04. The van der Waals surface area contributed by atoms with Gasteiger partial charge in [0.25, 0.3) is 0 Å². The van der Waals surface area contributed by atoms with Crippen molar-refractivity contribution in [3.05, 3.63) is 34.9 Å². The van der Waals surface area contributed by atoms with Crippen LogP contribution in [0, 0.1) is 0 Å². The van der Waals surface area contributed by atoms with Gasteiger partial charge in [0.15, 0.2) is 0 Å². The molecule has 0 aliphatic rings. The van der Waals surface area contributed by atoms with Gasteiger partial charge < -0.3 is 10.8 Å². The third-order valence-electron chi connectivity index (χ3n) is 3.04. The van der Waals surface area contributed by atoms with E-state index in [9.17, 15) is 31.4 Å². The van der Waals surface area contributed by atoms with Crippen LogP contribution in [0.1, 0.15) is 42.5 Å². The van der Waals surface area contributed by atoms with Crippen LogP contribution in [0.25, 0.3) is 0 Å². The van der Waals surface area contributed by atoms with Crippen LogP contribution in [-0.4, -0.2) is 11.2 Å². The molecule has 2 nitrogen and oxygen atoms in total. The molecule has 0 saturated carbocycles. The number of benzene rings is 1. The summed E-state index contributed by atoms with van der Waals surface area (Å²) in [5, 5.41) is 9.68. The molecular weight excluding hydrogens is 300 g/mol. The number of aliphatic hydroxyl groups excluding tert-OH is 1. The first-order chi connectivity index (χ1) is 9.48. The molecule has 1 aromatic rings. The molecule has 0 aromatic heterocycles. The molecule has 8 heteroatoms. The topological polar surface area (TPSA) is 46.2 Å². The van der Waals surface area contributed by atoms with Gasteiger partial charge in [-0.15, -0.1) is 0 Å². The SMILES string of the molecule is CCC[C@H](O)[C@H](N)c1ccc(C(F)(F)F)cc1C(F)(F)F. The van der Waals surface area contributed by atoms with Gasteiger partial charge in [-0.1, -0.05) is 19.4 Å². The molecule has 2 atom stereocenters. The predicted molar refractivity (Wildman–Crippen MR) is 64.3 cm³/mol. The Hall–Kier alpha value is -1.28. The van der Waals surface area contributed by atoms with Gasteiger partial charge in [0.1, 0.15) is 0 Å². The van der Waals surface area contributed by atoms with Crippen LogP contribution in [0.2, 0.25) is 0 Å². The fourth-order valence-corrected chi connectivity index (χ4v) is 1.95. The van der Waals surface area contributed by atoms with Gasteiger partial charge in [-0.25, -0.2) is 0 Å². The second-order valence-electron chi connectivity index (χ2n) is 4.68.